The van der Waals surface area contributed by atoms with E-state index in [1.165, 1.54) is 0 Å². The van der Waals surface area contributed by atoms with Crippen LogP contribution in [-0.4, -0.2) is 29.2 Å². The predicted molar refractivity (Wildman–Crippen MR) is 50.1 cm³/mol. The molecule has 1 radical (unpaired) electrons. The fourth-order valence-electron chi connectivity index (χ4n) is 0.929. The molecule has 0 N–H and O–H groups in total. The molecule has 0 amide bonds. The zero-order valence-electron chi connectivity index (χ0n) is 7.52. The Kier molecular flexibility index (Phi) is 7.02. The van der Waals surface area contributed by atoms with Crippen LogP contribution < -0.4 is 0 Å². The van der Waals surface area contributed by atoms with Crippen molar-refractivity contribution in [2.24, 2.45) is 0 Å². The average Bonchev–Trinajstić information content (AvgIpc) is 2.00. The second-order valence-electron chi connectivity index (χ2n) is 2.46. The molecule has 0 rings (SSSR count). The van der Waals surface area contributed by atoms with Gasteiger partial charge in [0.05, 0.1) is 0 Å². The van der Waals surface area contributed by atoms with Gasteiger partial charge >= 0.3 is 0 Å². The van der Waals surface area contributed by atoms with Gasteiger partial charge in [0, 0.05) is 19.6 Å². The van der Waals surface area contributed by atoms with Crippen molar-refractivity contribution in [1.82, 2.24) is 9.54 Å². The largest absolute Gasteiger partial charge is 0.228 e. The van der Waals surface area contributed by atoms with Crippen LogP contribution in [0.25, 0.3) is 0 Å². The van der Waals surface area contributed by atoms with Gasteiger partial charge in [-0.2, -0.15) is 4.53 Å². The quantitative estimate of drug-likeness (QED) is 0.454. The Morgan fingerprint density at radius 1 is 1.27 bits per heavy atom. The first kappa shape index (κ1) is 11.2. The van der Waals surface area contributed by atoms with Gasteiger partial charge in [0.25, 0.3) is 0 Å². The van der Waals surface area contributed by atoms with Crippen LogP contribution in [0.4, 0.5) is 0 Å². The highest BCUT2D eigenvalue weighted by atomic mass is 35.5. The molecule has 0 saturated carbocycles. The molecule has 3 heteroatoms. The highest BCUT2D eigenvalue weighted by Gasteiger charge is 2.07. The van der Waals surface area contributed by atoms with Crippen LogP contribution in [0.5, 0.6) is 0 Å². The van der Waals surface area contributed by atoms with E-state index in [0.717, 1.165) is 32.5 Å². The van der Waals surface area contributed by atoms with Gasteiger partial charge in [-0.1, -0.05) is 20.8 Å². The summed E-state index contributed by atoms with van der Waals surface area (Å²) in [6.07, 6.45) is 1.98. The van der Waals surface area contributed by atoms with E-state index in [1.807, 2.05) is 0 Å². The zero-order chi connectivity index (χ0) is 8.69. The normalized spacial score (nSPS) is 11.5. The summed E-state index contributed by atoms with van der Waals surface area (Å²) in [7, 11) is 0. The minimum absolute atomic E-state index is 0.904. The molecule has 0 heterocycles. The van der Waals surface area contributed by atoms with Crippen molar-refractivity contribution in [3.05, 3.63) is 6.92 Å². The predicted octanol–water partition coefficient (Wildman–Crippen LogP) is 2.31. The summed E-state index contributed by atoms with van der Waals surface area (Å²) in [5, 5.41) is 2.10. The maximum atomic E-state index is 5.96. The number of halogens is 1. The van der Waals surface area contributed by atoms with Gasteiger partial charge in [0.15, 0.2) is 0 Å². The molecule has 0 saturated heterocycles. The fourth-order valence-corrected chi connectivity index (χ4v) is 1.28. The van der Waals surface area contributed by atoms with Crippen molar-refractivity contribution >= 4 is 11.8 Å². The Morgan fingerprint density at radius 2 is 1.91 bits per heavy atom. The lowest BCUT2D eigenvalue weighted by Crippen LogP contribution is -2.36. The van der Waals surface area contributed by atoms with E-state index in [1.54, 1.807) is 4.53 Å². The topological polar surface area (TPSA) is 6.48 Å². The molecule has 0 aromatic heterocycles. The Morgan fingerprint density at radius 3 is 2.27 bits per heavy atom. The molecule has 0 aromatic rings. The molecule has 0 bridgehead atoms. The molecule has 67 valence electrons. The molecule has 0 spiro atoms. The number of hydrogen-bond donors (Lipinski definition) is 0. The third-order valence-corrected chi connectivity index (χ3v) is 1.88. The lowest BCUT2D eigenvalue weighted by molar-refractivity contribution is 0.0705. The highest BCUT2D eigenvalue weighted by Crippen LogP contribution is 2.03. The molecule has 0 atom stereocenters. The van der Waals surface area contributed by atoms with Crippen molar-refractivity contribution in [3.8, 4) is 0 Å². The van der Waals surface area contributed by atoms with Crippen LogP contribution in [0.3, 0.4) is 0 Å². The van der Waals surface area contributed by atoms with Crippen LogP contribution in [0.15, 0.2) is 0 Å². The summed E-state index contributed by atoms with van der Waals surface area (Å²) in [6.45, 7) is 10.8. The number of hydrazine groups is 1. The maximum Gasteiger partial charge on any atom is 0.0296 e. The van der Waals surface area contributed by atoms with Gasteiger partial charge in [-0.25, -0.2) is 5.01 Å². The van der Waals surface area contributed by atoms with Gasteiger partial charge < -0.3 is 0 Å². The molecule has 0 fully saturated rings. The van der Waals surface area contributed by atoms with E-state index in [-0.39, 0.29) is 0 Å². The first-order chi connectivity index (χ1) is 5.26. The molecule has 0 aliphatic carbocycles. The van der Waals surface area contributed by atoms with E-state index < -0.39 is 0 Å². The standard InChI is InChI=1S/C8H18ClN2/c1-4-7-10(6-3)11(9)8-5-2/h1,4-8H2,2-3H3. The minimum atomic E-state index is 0.904. The Balaban J connectivity index is 3.61. The molecule has 11 heavy (non-hydrogen) atoms. The second kappa shape index (κ2) is 6.89. The number of rotatable bonds is 6. The average molecular weight is 178 g/mol. The van der Waals surface area contributed by atoms with E-state index in [0.29, 0.717) is 0 Å². The van der Waals surface area contributed by atoms with Crippen LogP contribution in [0.1, 0.15) is 26.7 Å². The summed E-state index contributed by atoms with van der Waals surface area (Å²) in [5.41, 5.74) is 0. The smallest absolute Gasteiger partial charge is 0.0296 e. The SMILES string of the molecule is [CH2]CCN(CC)N(Cl)CCC. The lowest BCUT2D eigenvalue weighted by atomic mass is 10.4. The van der Waals surface area contributed by atoms with Crippen molar-refractivity contribution in [3.63, 3.8) is 0 Å². The third-order valence-electron chi connectivity index (χ3n) is 1.50. The Hall–Kier alpha value is 0.210. The van der Waals surface area contributed by atoms with Crippen molar-refractivity contribution in [2.75, 3.05) is 19.6 Å². The summed E-state index contributed by atoms with van der Waals surface area (Å²) >= 11 is 5.96. The third kappa shape index (κ3) is 4.62. The Labute approximate surface area is 75.2 Å². The van der Waals surface area contributed by atoms with Crippen LogP contribution in [0, 0.1) is 6.92 Å². The molecule has 0 aliphatic rings. The van der Waals surface area contributed by atoms with Gasteiger partial charge in [0.1, 0.15) is 0 Å². The van der Waals surface area contributed by atoms with E-state index in [9.17, 15) is 0 Å². The van der Waals surface area contributed by atoms with Gasteiger partial charge in [-0.15, -0.1) is 0 Å². The molecule has 2 nitrogen and oxygen atoms in total. The van der Waals surface area contributed by atoms with Crippen molar-refractivity contribution < 1.29 is 0 Å². The molecule has 0 aliphatic heterocycles. The molecular weight excluding hydrogens is 160 g/mol. The van der Waals surface area contributed by atoms with E-state index in [2.05, 4.69) is 25.8 Å². The second-order valence-corrected chi connectivity index (χ2v) is 2.85. The van der Waals surface area contributed by atoms with Gasteiger partial charge in [-0.05, 0) is 24.6 Å². The highest BCUT2D eigenvalue weighted by molar-refractivity contribution is 6.12. The Bertz CT molecular complexity index is 88.2. The zero-order valence-corrected chi connectivity index (χ0v) is 8.27. The first-order valence-electron chi connectivity index (χ1n) is 4.23. The molecule has 0 unspecified atom stereocenters. The van der Waals surface area contributed by atoms with Gasteiger partial charge in [0.2, 0.25) is 0 Å². The molecule has 0 aromatic carbocycles. The van der Waals surface area contributed by atoms with Crippen LogP contribution in [-0.2, 0) is 0 Å². The van der Waals surface area contributed by atoms with Crippen LogP contribution in [0.2, 0.25) is 0 Å². The number of hydrogen-bond acceptors (Lipinski definition) is 2. The van der Waals surface area contributed by atoms with Crippen molar-refractivity contribution in [1.29, 1.82) is 0 Å². The van der Waals surface area contributed by atoms with Gasteiger partial charge in [-0.3, -0.25) is 0 Å². The summed E-state index contributed by atoms with van der Waals surface area (Å²) < 4.78 is 1.76. The summed E-state index contributed by atoms with van der Waals surface area (Å²) in [5.74, 6) is 0. The lowest BCUT2D eigenvalue weighted by Gasteiger charge is -2.27. The maximum absolute atomic E-state index is 5.96. The van der Waals surface area contributed by atoms with Crippen molar-refractivity contribution in [2.45, 2.75) is 26.7 Å². The summed E-state index contributed by atoms with van der Waals surface area (Å²) in [6, 6.07) is 0. The minimum Gasteiger partial charge on any atom is -0.228 e. The number of nitrogens with zero attached hydrogens (tertiary/aromatic N) is 2. The van der Waals surface area contributed by atoms with Crippen LogP contribution >= 0.6 is 11.8 Å². The van der Waals surface area contributed by atoms with E-state index in [4.69, 9.17) is 11.8 Å². The first-order valence-corrected chi connectivity index (χ1v) is 4.57. The van der Waals surface area contributed by atoms with E-state index >= 15 is 0 Å². The summed E-state index contributed by atoms with van der Waals surface area (Å²) in [4.78, 5) is 0. The monoisotopic (exact) mass is 177 g/mol. The fraction of sp³-hybridized carbons (Fsp3) is 0.875. The molecular formula is C8H18ClN2.